The molecule has 1 rings (SSSR count). The van der Waals surface area contributed by atoms with Crippen molar-refractivity contribution in [2.45, 2.75) is 33.1 Å². The molecule has 1 N–H and O–H groups in total. The summed E-state index contributed by atoms with van der Waals surface area (Å²) in [5.41, 5.74) is 3.53. The molecule has 1 aromatic rings. The van der Waals surface area contributed by atoms with Gasteiger partial charge in [0.2, 0.25) is 0 Å². The summed E-state index contributed by atoms with van der Waals surface area (Å²) in [7, 11) is 0. The molecule has 0 radical (unpaired) electrons. The van der Waals surface area contributed by atoms with E-state index < -0.39 is 5.97 Å². The van der Waals surface area contributed by atoms with Crippen LogP contribution in [0.3, 0.4) is 0 Å². The van der Waals surface area contributed by atoms with Crippen LogP contribution in [-0.2, 0) is 4.79 Å². The zero-order valence-corrected chi connectivity index (χ0v) is 8.87. The van der Waals surface area contributed by atoms with Gasteiger partial charge in [-0.25, -0.2) is 0 Å². The molecular weight excluding hydrogens is 176 g/mol. The van der Waals surface area contributed by atoms with Gasteiger partial charge in [0.05, 0.1) is 6.42 Å². The standard InChI is InChI=1S/C12H16O2/c1-8-4-5-11(9(2)6-8)10(3)7-12(13)14/h4-6,10H,7H2,1-3H3,(H,13,14). The number of carboxylic acids is 1. The summed E-state index contributed by atoms with van der Waals surface area (Å²) in [5.74, 6) is -0.648. The number of rotatable bonds is 3. The van der Waals surface area contributed by atoms with Crippen LogP contribution in [0.1, 0.15) is 36.0 Å². The number of aliphatic carboxylic acids is 1. The van der Waals surface area contributed by atoms with E-state index in [1.165, 1.54) is 11.1 Å². The Morgan fingerprint density at radius 2 is 2.07 bits per heavy atom. The maximum absolute atomic E-state index is 10.6. The second-order valence-corrected chi connectivity index (χ2v) is 3.86. The van der Waals surface area contributed by atoms with E-state index in [1.807, 2.05) is 32.9 Å². The Labute approximate surface area is 84.6 Å². The number of benzene rings is 1. The number of hydrogen-bond donors (Lipinski definition) is 1. The molecule has 2 heteroatoms. The first-order valence-corrected chi connectivity index (χ1v) is 4.79. The van der Waals surface area contributed by atoms with Gasteiger partial charge in [0, 0.05) is 0 Å². The van der Waals surface area contributed by atoms with Crippen LogP contribution in [0.5, 0.6) is 0 Å². The zero-order chi connectivity index (χ0) is 10.7. The Hall–Kier alpha value is -1.31. The molecule has 1 aromatic carbocycles. The molecule has 0 heterocycles. The monoisotopic (exact) mass is 192 g/mol. The predicted molar refractivity (Wildman–Crippen MR) is 56.6 cm³/mol. The zero-order valence-electron chi connectivity index (χ0n) is 8.87. The van der Waals surface area contributed by atoms with Gasteiger partial charge in [-0.3, -0.25) is 4.79 Å². The van der Waals surface area contributed by atoms with E-state index in [-0.39, 0.29) is 12.3 Å². The first kappa shape index (κ1) is 10.8. The van der Waals surface area contributed by atoms with Gasteiger partial charge in [-0.05, 0) is 30.9 Å². The molecule has 14 heavy (non-hydrogen) atoms. The van der Waals surface area contributed by atoms with Gasteiger partial charge in [0.15, 0.2) is 0 Å². The molecule has 0 spiro atoms. The van der Waals surface area contributed by atoms with E-state index >= 15 is 0 Å². The minimum atomic E-state index is -0.738. The molecule has 0 saturated carbocycles. The van der Waals surface area contributed by atoms with Gasteiger partial charge in [-0.2, -0.15) is 0 Å². The van der Waals surface area contributed by atoms with E-state index in [4.69, 9.17) is 5.11 Å². The molecule has 0 aliphatic rings. The van der Waals surface area contributed by atoms with Crippen LogP contribution in [0.2, 0.25) is 0 Å². The lowest BCUT2D eigenvalue weighted by atomic mass is 9.93. The van der Waals surface area contributed by atoms with Crippen molar-refractivity contribution in [2.24, 2.45) is 0 Å². The van der Waals surface area contributed by atoms with Gasteiger partial charge in [0.1, 0.15) is 0 Å². The van der Waals surface area contributed by atoms with Crippen LogP contribution in [0.4, 0.5) is 0 Å². The highest BCUT2D eigenvalue weighted by molar-refractivity contribution is 5.68. The van der Waals surface area contributed by atoms with Crippen LogP contribution < -0.4 is 0 Å². The molecule has 0 aliphatic carbocycles. The van der Waals surface area contributed by atoms with Crippen molar-refractivity contribution >= 4 is 5.97 Å². The highest BCUT2D eigenvalue weighted by atomic mass is 16.4. The van der Waals surface area contributed by atoms with Crippen LogP contribution in [0, 0.1) is 13.8 Å². The third kappa shape index (κ3) is 2.59. The highest BCUT2D eigenvalue weighted by Crippen LogP contribution is 2.23. The van der Waals surface area contributed by atoms with Crippen molar-refractivity contribution in [1.29, 1.82) is 0 Å². The minimum absolute atomic E-state index is 0.0908. The Morgan fingerprint density at radius 3 is 2.57 bits per heavy atom. The molecule has 1 unspecified atom stereocenters. The average molecular weight is 192 g/mol. The maximum Gasteiger partial charge on any atom is 0.303 e. The molecule has 0 aromatic heterocycles. The van der Waals surface area contributed by atoms with Crippen molar-refractivity contribution in [3.63, 3.8) is 0 Å². The minimum Gasteiger partial charge on any atom is -0.481 e. The summed E-state index contributed by atoms with van der Waals surface area (Å²) in [6, 6.07) is 6.15. The Kier molecular flexibility index (Phi) is 3.28. The second-order valence-electron chi connectivity index (χ2n) is 3.86. The Balaban J connectivity index is 2.90. The van der Waals surface area contributed by atoms with Gasteiger partial charge >= 0.3 is 5.97 Å². The fourth-order valence-electron chi connectivity index (χ4n) is 1.75. The van der Waals surface area contributed by atoms with E-state index in [2.05, 4.69) is 6.07 Å². The van der Waals surface area contributed by atoms with Gasteiger partial charge < -0.3 is 5.11 Å². The number of carboxylic acid groups (broad SMARTS) is 1. The van der Waals surface area contributed by atoms with Crippen molar-refractivity contribution in [2.75, 3.05) is 0 Å². The third-order valence-corrected chi connectivity index (χ3v) is 2.44. The van der Waals surface area contributed by atoms with Crippen molar-refractivity contribution < 1.29 is 9.90 Å². The van der Waals surface area contributed by atoms with E-state index in [1.54, 1.807) is 0 Å². The van der Waals surface area contributed by atoms with Crippen molar-refractivity contribution in [1.82, 2.24) is 0 Å². The van der Waals surface area contributed by atoms with Crippen molar-refractivity contribution in [3.05, 3.63) is 34.9 Å². The van der Waals surface area contributed by atoms with Crippen LogP contribution in [0.25, 0.3) is 0 Å². The van der Waals surface area contributed by atoms with Gasteiger partial charge in [-0.1, -0.05) is 30.7 Å². The lowest BCUT2D eigenvalue weighted by molar-refractivity contribution is -0.137. The Bertz CT molecular complexity index is 342. The molecule has 0 saturated heterocycles. The molecule has 1 atom stereocenters. The first-order valence-electron chi connectivity index (χ1n) is 4.79. The van der Waals surface area contributed by atoms with Crippen LogP contribution in [0.15, 0.2) is 18.2 Å². The summed E-state index contributed by atoms with van der Waals surface area (Å²) in [5, 5.41) is 8.69. The molecule has 76 valence electrons. The lowest BCUT2D eigenvalue weighted by Crippen LogP contribution is -2.04. The molecule has 0 fully saturated rings. The highest BCUT2D eigenvalue weighted by Gasteiger charge is 2.11. The lowest BCUT2D eigenvalue weighted by Gasteiger charge is -2.12. The first-order chi connectivity index (χ1) is 6.50. The van der Waals surface area contributed by atoms with E-state index in [9.17, 15) is 4.79 Å². The van der Waals surface area contributed by atoms with Gasteiger partial charge in [-0.15, -0.1) is 0 Å². The molecule has 2 nitrogen and oxygen atoms in total. The number of aryl methyl sites for hydroxylation is 2. The Morgan fingerprint density at radius 1 is 1.43 bits per heavy atom. The topological polar surface area (TPSA) is 37.3 Å². The van der Waals surface area contributed by atoms with Crippen molar-refractivity contribution in [3.8, 4) is 0 Å². The largest absolute Gasteiger partial charge is 0.481 e. The maximum atomic E-state index is 10.6. The molecule has 0 amide bonds. The summed E-state index contributed by atoms with van der Waals surface area (Å²) >= 11 is 0. The quantitative estimate of drug-likeness (QED) is 0.799. The number of hydrogen-bond acceptors (Lipinski definition) is 1. The normalized spacial score (nSPS) is 12.5. The van der Waals surface area contributed by atoms with E-state index in [0.29, 0.717) is 0 Å². The predicted octanol–water partition coefficient (Wildman–Crippen LogP) is 2.88. The summed E-state index contributed by atoms with van der Waals surface area (Å²) in [6.07, 6.45) is 0.198. The third-order valence-electron chi connectivity index (χ3n) is 2.44. The average Bonchev–Trinajstić information content (AvgIpc) is 2.01. The van der Waals surface area contributed by atoms with Crippen LogP contribution in [-0.4, -0.2) is 11.1 Å². The summed E-state index contributed by atoms with van der Waals surface area (Å²) < 4.78 is 0. The van der Waals surface area contributed by atoms with E-state index in [0.717, 1.165) is 5.56 Å². The SMILES string of the molecule is Cc1ccc(C(C)CC(=O)O)c(C)c1. The number of carbonyl (C=O) groups is 1. The fourth-order valence-corrected chi connectivity index (χ4v) is 1.75. The molecule has 0 bridgehead atoms. The van der Waals surface area contributed by atoms with Gasteiger partial charge in [0.25, 0.3) is 0 Å². The molecular formula is C12H16O2. The molecule has 0 aliphatic heterocycles. The summed E-state index contributed by atoms with van der Waals surface area (Å²) in [6.45, 7) is 6.02. The smallest absolute Gasteiger partial charge is 0.303 e. The van der Waals surface area contributed by atoms with Crippen LogP contribution >= 0.6 is 0 Å². The summed E-state index contributed by atoms with van der Waals surface area (Å²) in [4.78, 5) is 10.6. The fraction of sp³-hybridized carbons (Fsp3) is 0.417. The second kappa shape index (κ2) is 4.27.